The minimum Gasteiger partial charge on any atom is -0.465 e. The summed E-state index contributed by atoms with van der Waals surface area (Å²) in [6.07, 6.45) is 0.897. The largest absolute Gasteiger partial charge is 0.465 e. The van der Waals surface area contributed by atoms with Gasteiger partial charge in [0.25, 0.3) is 5.91 Å². The second-order valence-electron chi connectivity index (χ2n) is 5.93. The SMILES string of the molecule is CN1C(=O)C(N(C(=O)O)C(C)(C)C)Cc2cccnc21. The van der Waals surface area contributed by atoms with E-state index in [-0.39, 0.29) is 5.91 Å². The first-order valence-corrected chi connectivity index (χ1v) is 6.47. The Bertz CT molecular complexity index is 551. The molecule has 1 aromatic heterocycles. The van der Waals surface area contributed by atoms with Crippen molar-refractivity contribution in [3.8, 4) is 0 Å². The van der Waals surface area contributed by atoms with Gasteiger partial charge in [0.2, 0.25) is 0 Å². The molecule has 0 fully saturated rings. The first kappa shape index (κ1) is 14.3. The number of rotatable bonds is 1. The molecule has 1 N–H and O–H groups in total. The molecule has 0 aliphatic carbocycles. The van der Waals surface area contributed by atoms with Crippen LogP contribution in [0.5, 0.6) is 0 Å². The van der Waals surface area contributed by atoms with Gasteiger partial charge in [0, 0.05) is 25.2 Å². The van der Waals surface area contributed by atoms with E-state index in [1.807, 2.05) is 6.07 Å². The summed E-state index contributed by atoms with van der Waals surface area (Å²) in [4.78, 5) is 30.9. The van der Waals surface area contributed by atoms with Crippen LogP contribution in [0.4, 0.5) is 10.6 Å². The summed E-state index contributed by atoms with van der Waals surface area (Å²) in [7, 11) is 1.63. The highest BCUT2D eigenvalue weighted by molar-refractivity contribution is 6.00. The molecule has 1 unspecified atom stereocenters. The standard InChI is InChI=1S/C14H19N3O3/c1-14(2,3)17(13(19)20)10-8-9-6-5-7-15-11(9)16(4)12(10)18/h5-7,10H,8H2,1-4H3,(H,19,20). The zero-order chi connectivity index (χ0) is 15.1. The molecule has 0 saturated carbocycles. The zero-order valence-corrected chi connectivity index (χ0v) is 12.1. The highest BCUT2D eigenvalue weighted by Gasteiger charge is 2.42. The average Bonchev–Trinajstić information content (AvgIpc) is 2.33. The van der Waals surface area contributed by atoms with Crippen LogP contribution in [0.25, 0.3) is 0 Å². The Balaban J connectivity index is 2.44. The lowest BCUT2D eigenvalue weighted by Crippen LogP contribution is -2.59. The molecule has 2 heterocycles. The van der Waals surface area contributed by atoms with Gasteiger partial charge in [0.15, 0.2) is 0 Å². The summed E-state index contributed by atoms with van der Waals surface area (Å²) in [6, 6.07) is 2.96. The summed E-state index contributed by atoms with van der Waals surface area (Å²) >= 11 is 0. The Morgan fingerprint density at radius 2 is 2.15 bits per heavy atom. The molecule has 2 rings (SSSR count). The van der Waals surface area contributed by atoms with Crippen molar-refractivity contribution in [1.29, 1.82) is 0 Å². The minimum atomic E-state index is -1.09. The fraction of sp³-hybridized carbons (Fsp3) is 0.500. The van der Waals surface area contributed by atoms with Gasteiger partial charge in [-0.1, -0.05) is 6.07 Å². The summed E-state index contributed by atoms with van der Waals surface area (Å²) in [5, 5.41) is 9.45. The Morgan fingerprint density at radius 3 is 2.70 bits per heavy atom. The number of hydrogen-bond acceptors (Lipinski definition) is 3. The third kappa shape index (κ3) is 2.33. The fourth-order valence-electron chi connectivity index (χ4n) is 2.60. The van der Waals surface area contributed by atoms with Crippen molar-refractivity contribution >= 4 is 17.8 Å². The van der Waals surface area contributed by atoms with Gasteiger partial charge in [-0.3, -0.25) is 14.6 Å². The van der Waals surface area contributed by atoms with Crippen LogP contribution in [0.1, 0.15) is 26.3 Å². The van der Waals surface area contributed by atoms with E-state index in [1.165, 1.54) is 9.80 Å². The van der Waals surface area contributed by atoms with Crippen molar-refractivity contribution in [3.05, 3.63) is 23.9 Å². The molecule has 0 radical (unpaired) electrons. The van der Waals surface area contributed by atoms with E-state index in [0.29, 0.717) is 12.2 Å². The Labute approximate surface area is 118 Å². The third-order valence-corrected chi connectivity index (χ3v) is 3.45. The number of aromatic nitrogens is 1. The van der Waals surface area contributed by atoms with Gasteiger partial charge in [-0.15, -0.1) is 0 Å². The monoisotopic (exact) mass is 277 g/mol. The summed E-state index contributed by atoms with van der Waals surface area (Å²) in [5.41, 5.74) is 0.238. The maximum absolute atomic E-state index is 12.5. The van der Waals surface area contributed by atoms with Gasteiger partial charge in [-0.05, 0) is 32.4 Å². The second-order valence-corrected chi connectivity index (χ2v) is 5.93. The Kier molecular flexibility index (Phi) is 3.41. The Morgan fingerprint density at radius 1 is 1.50 bits per heavy atom. The topological polar surface area (TPSA) is 73.7 Å². The molecular weight excluding hydrogens is 258 g/mol. The van der Waals surface area contributed by atoms with Crippen molar-refractivity contribution in [2.75, 3.05) is 11.9 Å². The van der Waals surface area contributed by atoms with Crippen molar-refractivity contribution < 1.29 is 14.7 Å². The van der Waals surface area contributed by atoms with Gasteiger partial charge in [-0.2, -0.15) is 0 Å². The molecule has 1 aliphatic heterocycles. The first-order chi connectivity index (χ1) is 9.23. The van der Waals surface area contributed by atoms with E-state index >= 15 is 0 Å². The van der Waals surface area contributed by atoms with Crippen molar-refractivity contribution in [1.82, 2.24) is 9.88 Å². The molecule has 0 aromatic carbocycles. The maximum Gasteiger partial charge on any atom is 0.408 e. The summed E-state index contributed by atoms with van der Waals surface area (Å²) in [6.45, 7) is 5.35. The van der Waals surface area contributed by atoms with E-state index in [4.69, 9.17) is 0 Å². The van der Waals surface area contributed by atoms with Crippen molar-refractivity contribution in [2.45, 2.75) is 38.8 Å². The van der Waals surface area contributed by atoms with E-state index in [9.17, 15) is 14.7 Å². The van der Waals surface area contributed by atoms with Crippen LogP contribution in [-0.4, -0.2) is 45.6 Å². The number of carbonyl (C=O) groups excluding carboxylic acids is 1. The normalized spacial score (nSPS) is 18.7. The van der Waals surface area contributed by atoms with Gasteiger partial charge in [0.05, 0.1) is 0 Å². The smallest absolute Gasteiger partial charge is 0.408 e. The number of hydrogen-bond donors (Lipinski definition) is 1. The molecule has 20 heavy (non-hydrogen) atoms. The Hall–Kier alpha value is -2.11. The average molecular weight is 277 g/mol. The minimum absolute atomic E-state index is 0.242. The van der Waals surface area contributed by atoms with Crippen LogP contribution in [0.3, 0.4) is 0 Å². The van der Waals surface area contributed by atoms with E-state index < -0.39 is 17.7 Å². The van der Waals surface area contributed by atoms with Crippen LogP contribution in [0.2, 0.25) is 0 Å². The highest BCUT2D eigenvalue weighted by Crippen LogP contribution is 2.29. The zero-order valence-electron chi connectivity index (χ0n) is 12.1. The number of anilines is 1. The molecule has 0 bridgehead atoms. The van der Waals surface area contributed by atoms with Crippen LogP contribution < -0.4 is 4.90 Å². The molecule has 1 aliphatic rings. The number of fused-ring (bicyclic) bond motifs is 1. The first-order valence-electron chi connectivity index (χ1n) is 6.47. The van der Waals surface area contributed by atoms with Gasteiger partial charge in [-0.25, -0.2) is 9.78 Å². The molecule has 2 amide bonds. The van der Waals surface area contributed by atoms with Crippen LogP contribution in [0.15, 0.2) is 18.3 Å². The molecule has 6 heteroatoms. The van der Waals surface area contributed by atoms with E-state index in [2.05, 4.69) is 4.98 Å². The molecule has 6 nitrogen and oxygen atoms in total. The van der Waals surface area contributed by atoms with Gasteiger partial charge < -0.3 is 5.11 Å². The number of pyridine rings is 1. The van der Waals surface area contributed by atoms with Crippen LogP contribution in [0, 0.1) is 0 Å². The third-order valence-electron chi connectivity index (χ3n) is 3.45. The molecule has 108 valence electrons. The van der Waals surface area contributed by atoms with Crippen molar-refractivity contribution in [3.63, 3.8) is 0 Å². The van der Waals surface area contributed by atoms with Crippen LogP contribution in [-0.2, 0) is 11.2 Å². The molecular formula is C14H19N3O3. The number of likely N-dealkylation sites (N-methyl/N-ethyl adjacent to an activating group) is 1. The number of carboxylic acid groups (broad SMARTS) is 1. The molecule has 0 spiro atoms. The summed E-state index contributed by atoms with van der Waals surface area (Å²) in [5.74, 6) is 0.363. The lowest BCUT2D eigenvalue weighted by Gasteiger charge is -2.42. The lowest BCUT2D eigenvalue weighted by atomic mass is 9.95. The predicted octanol–water partition coefficient (Wildman–Crippen LogP) is 1.75. The van der Waals surface area contributed by atoms with Crippen molar-refractivity contribution in [2.24, 2.45) is 0 Å². The number of amides is 2. The number of nitrogens with zero attached hydrogens (tertiary/aromatic N) is 3. The number of carbonyl (C=O) groups is 2. The fourth-order valence-corrected chi connectivity index (χ4v) is 2.60. The maximum atomic E-state index is 12.5. The lowest BCUT2D eigenvalue weighted by molar-refractivity contribution is -0.125. The van der Waals surface area contributed by atoms with E-state index in [1.54, 1.807) is 40.1 Å². The molecule has 1 atom stereocenters. The summed E-state index contributed by atoms with van der Waals surface area (Å²) < 4.78 is 0. The quantitative estimate of drug-likeness (QED) is 0.848. The van der Waals surface area contributed by atoms with Gasteiger partial charge in [0.1, 0.15) is 11.9 Å². The van der Waals surface area contributed by atoms with Crippen LogP contribution >= 0.6 is 0 Å². The highest BCUT2D eigenvalue weighted by atomic mass is 16.4. The molecule has 1 aromatic rings. The predicted molar refractivity (Wildman–Crippen MR) is 74.8 cm³/mol. The van der Waals surface area contributed by atoms with Gasteiger partial charge >= 0.3 is 6.09 Å². The second kappa shape index (κ2) is 4.77. The molecule has 0 saturated heterocycles. The van der Waals surface area contributed by atoms with E-state index in [0.717, 1.165) is 5.56 Å².